The van der Waals surface area contributed by atoms with Crippen molar-refractivity contribution >= 4 is 17.3 Å². The molecule has 0 fully saturated rings. The fraction of sp³-hybridized carbons (Fsp3) is 0.222. The molecule has 0 aromatic heterocycles. The molecule has 0 saturated carbocycles. The van der Waals surface area contributed by atoms with Crippen LogP contribution in [0.15, 0.2) is 12.1 Å². The molecular weight excluding hydrogens is 233 g/mol. The molecule has 7 nitrogen and oxygen atoms in total. The van der Waals surface area contributed by atoms with Crippen molar-refractivity contribution in [1.29, 1.82) is 0 Å². The molecule has 94 valence electrons. The van der Waals surface area contributed by atoms with E-state index in [4.69, 9.17) is 5.11 Å². The second-order valence-corrected chi connectivity index (χ2v) is 2.66. The summed E-state index contributed by atoms with van der Waals surface area (Å²) in [6.07, 6.45) is 0. The van der Waals surface area contributed by atoms with Crippen LogP contribution in [0.5, 0.6) is 0 Å². The maximum atomic E-state index is 13.1. The largest absolute Gasteiger partial charge is 0.478 e. The highest BCUT2D eigenvalue weighted by molar-refractivity contribution is 5.90. The molecule has 0 spiro atoms. The van der Waals surface area contributed by atoms with E-state index >= 15 is 0 Å². The fourth-order valence-electron chi connectivity index (χ4n) is 1.08. The van der Waals surface area contributed by atoms with Gasteiger partial charge in [-0.15, -0.1) is 0 Å². The highest BCUT2D eigenvalue weighted by Crippen LogP contribution is 2.27. The summed E-state index contributed by atoms with van der Waals surface area (Å²) < 4.78 is 13.1. The van der Waals surface area contributed by atoms with E-state index in [0.29, 0.717) is 6.07 Å². The lowest BCUT2D eigenvalue weighted by Crippen LogP contribution is -2.05. The van der Waals surface area contributed by atoms with E-state index in [1.54, 1.807) is 0 Å². The third-order valence-corrected chi connectivity index (χ3v) is 1.78. The lowest BCUT2D eigenvalue weighted by atomic mass is 10.1. The zero-order valence-corrected chi connectivity index (χ0v) is 9.23. The van der Waals surface area contributed by atoms with Crippen molar-refractivity contribution in [2.45, 2.75) is 0 Å². The number of halogens is 1. The minimum Gasteiger partial charge on any atom is -0.478 e. The normalized spacial score (nSPS) is 8.94. The van der Waals surface area contributed by atoms with E-state index in [-0.39, 0.29) is 5.69 Å². The average molecular weight is 245 g/mol. The van der Waals surface area contributed by atoms with Gasteiger partial charge in [0.2, 0.25) is 0 Å². The lowest BCUT2D eigenvalue weighted by Gasteiger charge is -2.03. The summed E-state index contributed by atoms with van der Waals surface area (Å²) in [7, 11) is 2.88. The molecular formula is C9H12FN3O4. The summed E-state index contributed by atoms with van der Waals surface area (Å²) in [6, 6.07) is 1.46. The number of nitro benzene ring substituents is 1. The second-order valence-electron chi connectivity index (χ2n) is 2.66. The van der Waals surface area contributed by atoms with Crippen LogP contribution in [0.1, 0.15) is 10.4 Å². The predicted octanol–water partition coefficient (Wildman–Crippen LogP) is 1.05. The summed E-state index contributed by atoms with van der Waals surface area (Å²) in [4.78, 5) is 20.3. The number of nitrogens with zero attached hydrogens (tertiary/aromatic N) is 1. The Hall–Kier alpha value is -2.22. The van der Waals surface area contributed by atoms with Crippen LogP contribution >= 0.6 is 0 Å². The van der Waals surface area contributed by atoms with E-state index < -0.39 is 28.0 Å². The van der Waals surface area contributed by atoms with Gasteiger partial charge in [0, 0.05) is 19.2 Å². The first-order valence-corrected chi connectivity index (χ1v) is 4.44. The molecule has 0 amide bonds. The number of hydrogen-bond acceptors (Lipinski definition) is 5. The quantitative estimate of drug-likeness (QED) is 0.541. The highest BCUT2D eigenvalue weighted by atomic mass is 19.1. The van der Waals surface area contributed by atoms with Gasteiger partial charge in [-0.2, -0.15) is 0 Å². The molecule has 0 aliphatic carbocycles. The Morgan fingerprint density at radius 2 is 2.06 bits per heavy atom. The van der Waals surface area contributed by atoms with Crippen LogP contribution in [0.3, 0.4) is 0 Å². The summed E-state index contributed by atoms with van der Waals surface area (Å²) in [5.41, 5.74) is 3.24. The number of rotatable bonds is 3. The Labute approximate surface area is 96.2 Å². The molecule has 0 unspecified atom stereocenters. The van der Waals surface area contributed by atoms with Crippen LogP contribution in [-0.4, -0.2) is 30.1 Å². The van der Waals surface area contributed by atoms with E-state index in [2.05, 4.69) is 11.1 Å². The summed E-state index contributed by atoms with van der Waals surface area (Å²) in [5.74, 6) is -2.56. The maximum Gasteiger partial charge on any atom is 0.338 e. The minimum absolute atomic E-state index is 0.0671. The molecule has 1 aromatic carbocycles. The third-order valence-electron chi connectivity index (χ3n) is 1.78. The van der Waals surface area contributed by atoms with Crippen LogP contribution < -0.4 is 11.1 Å². The first kappa shape index (κ1) is 14.8. The van der Waals surface area contributed by atoms with Gasteiger partial charge in [0.25, 0.3) is 5.69 Å². The first-order valence-electron chi connectivity index (χ1n) is 4.44. The SMILES string of the molecule is CN.CNc1cc(F)c(C(=O)O)cc1[N+](=O)[O-]. The fourth-order valence-corrected chi connectivity index (χ4v) is 1.08. The Morgan fingerprint density at radius 1 is 1.53 bits per heavy atom. The Morgan fingerprint density at radius 3 is 2.41 bits per heavy atom. The number of anilines is 1. The van der Waals surface area contributed by atoms with Crippen LogP contribution in [-0.2, 0) is 0 Å². The molecule has 0 heterocycles. The average Bonchev–Trinajstić information content (AvgIpc) is 2.30. The second kappa shape index (κ2) is 6.38. The van der Waals surface area contributed by atoms with Crippen molar-refractivity contribution in [3.8, 4) is 0 Å². The molecule has 0 saturated heterocycles. The van der Waals surface area contributed by atoms with Crippen LogP contribution in [0, 0.1) is 15.9 Å². The standard InChI is InChI=1S/C8H7FN2O4.CH5N/c1-10-6-3-5(9)4(8(12)13)2-7(6)11(14)15;1-2/h2-3,10H,1H3,(H,12,13);2H2,1H3. The number of nitrogens with two attached hydrogens (primary N) is 1. The van der Waals surface area contributed by atoms with Crippen molar-refractivity contribution in [1.82, 2.24) is 0 Å². The van der Waals surface area contributed by atoms with Gasteiger partial charge in [-0.25, -0.2) is 9.18 Å². The number of aromatic carboxylic acids is 1. The number of nitrogens with one attached hydrogen (secondary N) is 1. The Kier molecular flexibility index (Phi) is 5.55. The van der Waals surface area contributed by atoms with E-state index in [1.165, 1.54) is 14.1 Å². The molecule has 0 atom stereocenters. The number of carboxylic acid groups (broad SMARTS) is 1. The van der Waals surface area contributed by atoms with Gasteiger partial charge in [-0.3, -0.25) is 10.1 Å². The van der Waals surface area contributed by atoms with Crippen molar-refractivity contribution in [3.63, 3.8) is 0 Å². The van der Waals surface area contributed by atoms with Crippen molar-refractivity contribution in [3.05, 3.63) is 33.6 Å². The molecule has 0 radical (unpaired) electrons. The first-order chi connectivity index (χ1) is 7.97. The molecule has 8 heteroatoms. The van der Waals surface area contributed by atoms with Crippen LogP contribution in [0.4, 0.5) is 15.8 Å². The lowest BCUT2D eigenvalue weighted by molar-refractivity contribution is -0.384. The number of nitro groups is 1. The number of carboxylic acids is 1. The van der Waals surface area contributed by atoms with Crippen molar-refractivity contribution in [2.75, 3.05) is 19.4 Å². The Balaban J connectivity index is 0.00000121. The minimum atomic E-state index is -1.54. The van der Waals surface area contributed by atoms with Gasteiger partial charge in [-0.1, -0.05) is 0 Å². The molecule has 0 bridgehead atoms. The van der Waals surface area contributed by atoms with E-state index in [1.807, 2.05) is 0 Å². The van der Waals surface area contributed by atoms with Gasteiger partial charge in [0.1, 0.15) is 17.1 Å². The molecule has 1 aromatic rings. The number of carbonyl (C=O) groups is 1. The van der Waals surface area contributed by atoms with E-state index in [9.17, 15) is 19.3 Å². The Bertz CT molecular complexity index is 436. The van der Waals surface area contributed by atoms with Gasteiger partial charge in [-0.05, 0) is 7.05 Å². The number of benzene rings is 1. The molecule has 4 N–H and O–H groups in total. The smallest absolute Gasteiger partial charge is 0.338 e. The van der Waals surface area contributed by atoms with Crippen LogP contribution in [0.25, 0.3) is 0 Å². The molecule has 1 rings (SSSR count). The van der Waals surface area contributed by atoms with Gasteiger partial charge in [0.15, 0.2) is 0 Å². The number of hydrogen-bond donors (Lipinski definition) is 3. The van der Waals surface area contributed by atoms with Gasteiger partial charge >= 0.3 is 5.97 Å². The third kappa shape index (κ3) is 3.38. The van der Waals surface area contributed by atoms with E-state index in [0.717, 1.165) is 6.07 Å². The molecule has 0 aliphatic heterocycles. The van der Waals surface area contributed by atoms with Gasteiger partial charge in [0.05, 0.1) is 4.92 Å². The van der Waals surface area contributed by atoms with Crippen molar-refractivity contribution in [2.24, 2.45) is 5.73 Å². The maximum absolute atomic E-state index is 13.1. The molecule has 17 heavy (non-hydrogen) atoms. The van der Waals surface area contributed by atoms with Crippen molar-refractivity contribution < 1.29 is 19.2 Å². The predicted molar refractivity (Wildman–Crippen MR) is 59.7 cm³/mol. The van der Waals surface area contributed by atoms with Crippen LogP contribution in [0.2, 0.25) is 0 Å². The molecule has 0 aliphatic rings. The zero-order chi connectivity index (χ0) is 13.6. The van der Waals surface area contributed by atoms with Gasteiger partial charge < -0.3 is 16.2 Å². The monoisotopic (exact) mass is 245 g/mol. The summed E-state index contributed by atoms with van der Waals surface area (Å²) in [6.45, 7) is 0. The zero-order valence-electron chi connectivity index (χ0n) is 9.23. The topological polar surface area (TPSA) is 118 Å². The summed E-state index contributed by atoms with van der Waals surface area (Å²) in [5, 5.41) is 21.5. The highest BCUT2D eigenvalue weighted by Gasteiger charge is 2.20. The summed E-state index contributed by atoms with van der Waals surface area (Å²) >= 11 is 0.